The van der Waals surface area contributed by atoms with E-state index in [1.165, 1.54) is 33.1 Å². The summed E-state index contributed by atoms with van der Waals surface area (Å²) in [5.41, 5.74) is 8.48. The van der Waals surface area contributed by atoms with Gasteiger partial charge in [0.15, 0.2) is 5.65 Å². The molecule has 2 aromatic heterocycles. The summed E-state index contributed by atoms with van der Waals surface area (Å²) in [6.45, 7) is 0.310. The lowest BCUT2D eigenvalue weighted by atomic mass is 10.0. The Kier molecular flexibility index (Phi) is 6.40. The van der Waals surface area contributed by atoms with Crippen molar-refractivity contribution in [1.82, 2.24) is 35.5 Å². The maximum absolute atomic E-state index is 12.9. The Morgan fingerprint density at radius 2 is 2.03 bits per heavy atom. The molecule has 4 N–H and O–H groups in total. The molecule has 4 heterocycles. The van der Waals surface area contributed by atoms with Gasteiger partial charge >= 0.3 is 5.97 Å². The van der Waals surface area contributed by atoms with Crippen LogP contribution in [0.1, 0.15) is 11.1 Å². The topological polar surface area (TPSA) is 169 Å². The molecule has 1 aromatic carbocycles. The maximum atomic E-state index is 12.9. The van der Waals surface area contributed by atoms with Crippen molar-refractivity contribution in [2.24, 2.45) is 5.73 Å². The number of thioether (sulfide) groups is 2. The SMILES string of the molecule is NCc1ccccc1CC(=O)NC1C(=O)N2C(C(=O)O)=C(CSc3ccc4nnnn4n3)CSC12. The summed E-state index contributed by atoms with van der Waals surface area (Å²) in [6, 6.07) is 10.1. The second kappa shape index (κ2) is 9.64. The summed E-state index contributed by atoms with van der Waals surface area (Å²) in [7, 11) is 0. The number of rotatable bonds is 8. The van der Waals surface area contributed by atoms with Crippen LogP contribution in [-0.2, 0) is 27.3 Å². The number of hydrogen-bond donors (Lipinski definition) is 3. The van der Waals surface area contributed by atoms with Gasteiger partial charge in [-0.3, -0.25) is 14.5 Å². The summed E-state index contributed by atoms with van der Waals surface area (Å²) >= 11 is 2.76. The van der Waals surface area contributed by atoms with Crippen LogP contribution in [0.5, 0.6) is 0 Å². The summed E-state index contributed by atoms with van der Waals surface area (Å²) in [4.78, 5) is 38.9. The molecule has 14 heteroatoms. The fourth-order valence-corrected chi connectivity index (χ4v) is 6.33. The summed E-state index contributed by atoms with van der Waals surface area (Å²) < 4.78 is 1.29. The first-order valence-electron chi connectivity index (χ1n) is 10.6. The van der Waals surface area contributed by atoms with Gasteiger partial charge in [-0.2, -0.15) is 0 Å². The van der Waals surface area contributed by atoms with E-state index in [4.69, 9.17) is 5.73 Å². The number of nitrogens with zero attached hydrogens (tertiary/aromatic N) is 6. The number of β-lactam (4-membered cyclic amide) rings is 1. The van der Waals surface area contributed by atoms with Crippen LogP contribution in [-0.4, -0.2) is 76.0 Å². The van der Waals surface area contributed by atoms with Crippen LogP contribution in [0.4, 0.5) is 0 Å². The average molecular weight is 513 g/mol. The predicted octanol–water partition coefficient (Wildman–Crippen LogP) is 0.0514. The van der Waals surface area contributed by atoms with Crippen LogP contribution in [0, 0.1) is 0 Å². The number of hydrogen-bond acceptors (Lipinski definition) is 10. The lowest BCUT2D eigenvalue weighted by Gasteiger charge is -2.49. The van der Waals surface area contributed by atoms with Crippen molar-refractivity contribution in [2.45, 2.75) is 29.4 Å². The van der Waals surface area contributed by atoms with E-state index in [-0.39, 0.29) is 18.0 Å². The molecule has 2 amide bonds. The first-order chi connectivity index (χ1) is 17.0. The Hall–Kier alpha value is -3.49. The molecule has 0 bridgehead atoms. The first-order valence-corrected chi connectivity index (χ1v) is 12.6. The second-order valence-corrected chi connectivity index (χ2v) is 9.95. The molecule has 2 aliphatic heterocycles. The Balaban J connectivity index is 1.27. The molecule has 3 aromatic rings. The van der Waals surface area contributed by atoms with Gasteiger partial charge in [0, 0.05) is 18.1 Å². The van der Waals surface area contributed by atoms with Gasteiger partial charge in [-0.1, -0.05) is 24.3 Å². The minimum Gasteiger partial charge on any atom is -0.477 e. The highest BCUT2D eigenvalue weighted by atomic mass is 32.2. The molecule has 1 fully saturated rings. The Morgan fingerprint density at radius 3 is 2.80 bits per heavy atom. The quantitative estimate of drug-likeness (QED) is 0.275. The number of benzene rings is 1. The number of carbonyl (C=O) groups is 3. The Bertz CT molecular complexity index is 1360. The highest BCUT2D eigenvalue weighted by molar-refractivity contribution is 8.01. The lowest BCUT2D eigenvalue weighted by Crippen LogP contribution is -2.70. The van der Waals surface area contributed by atoms with Gasteiger partial charge in [-0.05, 0) is 39.3 Å². The molecule has 5 rings (SSSR count). The fraction of sp³-hybridized carbons (Fsp3) is 0.286. The summed E-state index contributed by atoms with van der Waals surface area (Å²) in [5, 5.41) is 28.2. The first kappa shape index (κ1) is 23.3. The minimum atomic E-state index is -1.18. The maximum Gasteiger partial charge on any atom is 0.352 e. The molecule has 0 saturated carbocycles. The number of carbonyl (C=O) groups excluding carboxylic acids is 2. The highest BCUT2D eigenvalue weighted by Gasteiger charge is 2.54. The number of carboxylic acid groups (broad SMARTS) is 1. The van der Waals surface area contributed by atoms with Gasteiger partial charge in [0.25, 0.3) is 5.91 Å². The van der Waals surface area contributed by atoms with Gasteiger partial charge in [0.2, 0.25) is 5.91 Å². The number of nitrogens with one attached hydrogen (secondary N) is 1. The van der Waals surface area contributed by atoms with Crippen LogP contribution >= 0.6 is 23.5 Å². The molecular weight excluding hydrogens is 492 g/mol. The third-order valence-electron chi connectivity index (χ3n) is 5.69. The van der Waals surface area contributed by atoms with Crippen molar-refractivity contribution in [1.29, 1.82) is 0 Å². The Morgan fingerprint density at radius 1 is 1.23 bits per heavy atom. The molecule has 12 nitrogen and oxygen atoms in total. The number of carboxylic acids is 1. The van der Waals surface area contributed by atoms with E-state index < -0.39 is 23.3 Å². The smallest absolute Gasteiger partial charge is 0.352 e. The minimum absolute atomic E-state index is 0.0336. The molecule has 35 heavy (non-hydrogen) atoms. The van der Waals surface area contributed by atoms with Crippen LogP contribution in [0.3, 0.4) is 0 Å². The van der Waals surface area contributed by atoms with Crippen LogP contribution in [0.25, 0.3) is 5.65 Å². The number of nitrogens with two attached hydrogens (primary N) is 1. The van der Waals surface area contributed by atoms with Crippen molar-refractivity contribution < 1.29 is 19.5 Å². The van der Waals surface area contributed by atoms with E-state index in [1.54, 1.807) is 12.1 Å². The number of aromatic nitrogens is 5. The largest absolute Gasteiger partial charge is 0.477 e. The molecular formula is C21H20N8O4S2. The van der Waals surface area contributed by atoms with Crippen molar-refractivity contribution >= 4 is 47.0 Å². The van der Waals surface area contributed by atoms with Crippen molar-refractivity contribution in [3.63, 3.8) is 0 Å². The van der Waals surface area contributed by atoms with Gasteiger partial charge in [-0.15, -0.1) is 38.4 Å². The number of amides is 2. The van der Waals surface area contributed by atoms with Crippen LogP contribution in [0.15, 0.2) is 52.7 Å². The van der Waals surface area contributed by atoms with Crippen molar-refractivity contribution in [2.75, 3.05) is 11.5 Å². The van der Waals surface area contributed by atoms with Crippen LogP contribution in [0.2, 0.25) is 0 Å². The van der Waals surface area contributed by atoms with Gasteiger partial charge in [-0.25, -0.2) is 4.79 Å². The van der Waals surface area contributed by atoms with Crippen molar-refractivity contribution in [3.05, 3.63) is 58.8 Å². The zero-order valence-electron chi connectivity index (χ0n) is 18.2. The lowest BCUT2D eigenvalue weighted by molar-refractivity contribution is -0.150. The molecule has 0 spiro atoms. The molecule has 2 atom stereocenters. The average Bonchev–Trinajstić information content (AvgIpc) is 3.33. The Labute approximate surface area is 207 Å². The second-order valence-electron chi connectivity index (χ2n) is 7.85. The van der Waals surface area contributed by atoms with E-state index in [9.17, 15) is 19.5 Å². The third kappa shape index (κ3) is 4.47. The van der Waals surface area contributed by atoms with Crippen LogP contribution < -0.4 is 11.1 Å². The van der Waals surface area contributed by atoms with Gasteiger partial charge < -0.3 is 16.2 Å². The van der Waals surface area contributed by atoms with E-state index in [0.29, 0.717) is 34.3 Å². The molecule has 0 aliphatic carbocycles. The highest BCUT2D eigenvalue weighted by Crippen LogP contribution is 2.41. The van der Waals surface area contributed by atoms with E-state index in [2.05, 4.69) is 25.9 Å². The molecule has 2 unspecified atom stereocenters. The number of aliphatic carboxylic acids is 1. The van der Waals surface area contributed by atoms with E-state index >= 15 is 0 Å². The van der Waals surface area contributed by atoms with Crippen molar-refractivity contribution in [3.8, 4) is 0 Å². The summed E-state index contributed by atoms with van der Waals surface area (Å²) in [5.74, 6) is -1.17. The van der Waals surface area contributed by atoms with E-state index in [0.717, 1.165) is 11.1 Å². The zero-order chi connectivity index (χ0) is 24.5. The van der Waals surface area contributed by atoms with E-state index in [1.807, 2.05) is 24.3 Å². The molecule has 1 saturated heterocycles. The molecule has 0 radical (unpaired) electrons. The zero-order valence-corrected chi connectivity index (χ0v) is 19.8. The molecule has 2 aliphatic rings. The standard InChI is InChI=1S/C21H20N8O4S2/c22-8-12-4-2-1-3-11(12)7-15(30)23-17-19(31)28-18(21(32)33)13(10-35-20(17)28)9-34-16-6-5-14-24-26-27-29(14)25-16/h1-6,17,20H,7-10,22H2,(H,23,30)(H,32,33). The predicted molar refractivity (Wildman–Crippen MR) is 127 cm³/mol. The number of tetrazole rings is 1. The monoisotopic (exact) mass is 512 g/mol. The third-order valence-corrected chi connectivity index (χ3v) is 8.04. The normalized spacial score (nSPS) is 19.5. The van der Waals surface area contributed by atoms with Gasteiger partial charge in [0.05, 0.1) is 6.42 Å². The molecule has 180 valence electrons. The summed E-state index contributed by atoms with van der Waals surface area (Å²) in [6.07, 6.45) is 0.0939. The van der Waals surface area contributed by atoms with Gasteiger partial charge in [0.1, 0.15) is 22.1 Å². The number of fused-ring (bicyclic) bond motifs is 2. The fourth-order valence-electron chi connectivity index (χ4n) is 3.99.